The first-order valence-corrected chi connectivity index (χ1v) is 18.1. The van der Waals surface area contributed by atoms with E-state index in [2.05, 4.69) is 54.4 Å². The molecule has 0 bridgehead atoms. The van der Waals surface area contributed by atoms with Crippen LogP contribution in [0.4, 0.5) is 11.8 Å². The zero-order valence-corrected chi connectivity index (χ0v) is 25.9. The molecule has 7 N–H and O–H groups in total. The molecule has 4 aromatic heterocycles. The Labute approximate surface area is 257 Å². The maximum absolute atomic E-state index is 13.5. The van der Waals surface area contributed by atoms with Crippen molar-refractivity contribution in [3.8, 4) is 0 Å². The number of aliphatic hydroxyl groups is 2. The summed E-state index contributed by atoms with van der Waals surface area (Å²) in [4.78, 5) is 35.0. The minimum absolute atomic E-state index is 0.0167. The van der Waals surface area contributed by atoms with Gasteiger partial charge < -0.3 is 35.7 Å². The number of fused-ring (bicyclic) bond motifs is 2. The Morgan fingerprint density at radius 2 is 1.89 bits per heavy atom. The highest BCUT2D eigenvalue weighted by Crippen LogP contribution is 2.57. The molecule has 238 valence electrons. The van der Waals surface area contributed by atoms with Gasteiger partial charge >= 0.3 is 6.80 Å². The van der Waals surface area contributed by atoms with Gasteiger partial charge in [0.1, 0.15) is 42.5 Å². The number of anilines is 2. The SMILES string of the molecule is Nc1nc2c(ncn2[C@@H]2O[C@H](CO)C(O)C2OP(=O)(S)OC[C@H]2O[C@@H](n3cnc4c(N)ncnc43)CC2O[PH](=O)S)c(=O)[nH]1. The number of nitrogens with one attached hydrogen (secondary N) is 1. The van der Waals surface area contributed by atoms with Gasteiger partial charge in [-0.1, -0.05) is 24.5 Å². The van der Waals surface area contributed by atoms with E-state index < -0.39 is 75.8 Å². The number of aromatic amines is 1. The molecule has 0 amide bonds. The van der Waals surface area contributed by atoms with Gasteiger partial charge in [0, 0.05) is 6.42 Å². The van der Waals surface area contributed by atoms with Crippen LogP contribution in [0, 0.1) is 0 Å². The van der Waals surface area contributed by atoms with Gasteiger partial charge in [-0.05, 0) is 0 Å². The molecule has 4 aromatic rings. The molecular formula is C20H26N10O10P2S2. The van der Waals surface area contributed by atoms with Crippen molar-refractivity contribution in [3.63, 3.8) is 0 Å². The van der Waals surface area contributed by atoms with Gasteiger partial charge in [0.2, 0.25) is 13.2 Å². The fraction of sp³-hybridized carbons (Fsp3) is 0.500. The summed E-state index contributed by atoms with van der Waals surface area (Å²) in [6.07, 6.45) is -3.85. The largest absolute Gasteiger partial charge is 0.394 e. The van der Waals surface area contributed by atoms with Crippen LogP contribution >= 0.6 is 38.5 Å². The highest BCUT2D eigenvalue weighted by Gasteiger charge is 2.49. The molecule has 2 aliphatic rings. The van der Waals surface area contributed by atoms with Gasteiger partial charge in [-0.3, -0.25) is 32.5 Å². The molecule has 20 nitrogen and oxygen atoms in total. The third kappa shape index (κ3) is 5.99. The number of nitrogens with two attached hydrogens (primary N) is 2. The van der Waals surface area contributed by atoms with E-state index in [1.807, 2.05) is 0 Å². The molecule has 2 aliphatic heterocycles. The molecule has 0 aromatic carbocycles. The first-order valence-electron chi connectivity index (χ1n) is 12.8. The van der Waals surface area contributed by atoms with Crippen LogP contribution in [0.3, 0.4) is 0 Å². The van der Waals surface area contributed by atoms with Crippen LogP contribution in [0.25, 0.3) is 22.3 Å². The molecule has 0 saturated carbocycles. The fourth-order valence-electron chi connectivity index (χ4n) is 5.04. The number of aliphatic hydroxyl groups excluding tert-OH is 2. The average molecular weight is 693 g/mol. The molecule has 2 saturated heterocycles. The standard InChI is InChI=1S/C20H26N10O10P2S2/c21-15-11-16(24-4-23-15)29(5-25-11)10-1-7(39-41(34)43)9(37-10)3-36-42(35,44)40-14-13(32)8(2-31)38-19(14)30-6-26-12-17(30)27-20(22)28-18(12)33/h4-10,13-14,19,31-32,41H,1-3H2,(H,34,43)(H,35,44)(H2,21,23,24)(H3,22,27,28,33)/t7?,8-,9-,10-,13?,14?,19-,42?/m1/s1. The Kier molecular flexibility index (Phi) is 8.76. The number of hydrogen-bond donors (Lipinski definition) is 7. The maximum Gasteiger partial charge on any atom is 0.386 e. The molecule has 9 atom stereocenters. The number of thiol groups is 2. The van der Waals surface area contributed by atoms with Crippen LogP contribution in [-0.4, -0.2) is 93.0 Å². The molecule has 0 spiro atoms. The van der Waals surface area contributed by atoms with Crippen molar-refractivity contribution in [3.05, 3.63) is 29.3 Å². The summed E-state index contributed by atoms with van der Waals surface area (Å²) in [5.41, 5.74) is 11.6. The first kappa shape index (κ1) is 31.4. The predicted octanol–water partition coefficient (Wildman–Crippen LogP) is -0.194. The summed E-state index contributed by atoms with van der Waals surface area (Å²) < 4.78 is 56.6. The van der Waals surface area contributed by atoms with Crippen molar-refractivity contribution in [1.29, 1.82) is 0 Å². The normalized spacial score (nSPS) is 29.4. The zero-order chi connectivity index (χ0) is 31.3. The number of hydrogen-bond acceptors (Lipinski definition) is 17. The number of H-pyrrole nitrogens is 1. The predicted molar refractivity (Wildman–Crippen MR) is 158 cm³/mol. The Morgan fingerprint density at radius 1 is 1.14 bits per heavy atom. The topological polar surface area (TPSA) is 280 Å². The summed E-state index contributed by atoms with van der Waals surface area (Å²) >= 11 is 7.94. The molecule has 6 heterocycles. The van der Waals surface area contributed by atoms with Crippen LogP contribution in [0.15, 0.2) is 23.8 Å². The Balaban J connectivity index is 1.20. The molecule has 6 rings (SSSR count). The second-order valence-electron chi connectivity index (χ2n) is 9.72. The van der Waals surface area contributed by atoms with E-state index in [-0.39, 0.29) is 29.4 Å². The lowest BCUT2D eigenvalue weighted by molar-refractivity contribution is -0.0518. The molecule has 24 heteroatoms. The van der Waals surface area contributed by atoms with E-state index in [0.717, 1.165) is 0 Å². The van der Waals surface area contributed by atoms with Crippen molar-refractivity contribution in [2.75, 3.05) is 24.7 Å². The minimum Gasteiger partial charge on any atom is -0.394 e. The van der Waals surface area contributed by atoms with Crippen molar-refractivity contribution in [1.82, 2.24) is 39.0 Å². The van der Waals surface area contributed by atoms with Crippen LogP contribution in [0.5, 0.6) is 0 Å². The number of nitrogen functional groups attached to an aromatic ring is 2. The minimum atomic E-state index is -4.33. The third-order valence-corrected chi connectivity index (χ3v) is 9.44. The molecule has 5 unspecified atom stereocenters. The quantitative estimate of drug-likeness (QED) is 0.0837. The summed E-state index contributed by atoms with van der Waals surface area (Å²) in [5, 5.41) is 20.6. The Bertz CT molecular complexity index is 1820. The van der Waals surface area contributed by atoms with Crippen molar-refractivity contribution in [2.24, 2.45) is 0 Å². The van der Waals surface area contributed by atoms with Gasteiger partial charge in [-0.15, -0.1) is 0 Å². The van der Waals surface area contributed by atoms with Crippen molar-refractivity contribution >= 4 is 72.6 Å². The van der Waals surface area contributed by atoms with E-state index in [4.69, 9.17) is 34.5 Å². The van der Waals surface area contributed by atoms with Gasteiger partial charge in [-0.25, -0.2) is 24.5 Å². The van der Waals surface area contributed by atoms with Crippen LogP contribution in [0.1, 0.15) is 18.9 Å². The molecule has 2 fully saturated rings. The van der Waals surface area contributed by atoms with E-state index in [1.54, 1.807) is 4.57 Å². The van der Waals surface area contributed by atoms with Crippen LogP contribution in [-0.2, 0) is 32.2 Å². The average Bonchev–Trinajstić information content (AvgIpc) is 3.73. The Morgan fingerprint density at radius 3 is 2.64 bits per heavy atom. The summed E-state index contributed by atoms with van der Waals surface area (Å²) in [7, 11) is -2.74. The van der Waals surface area contributed by atoms with E-state index in [9.17, 15) is 24.1 Å². The molecule has 0 radical (unpaired) electrons. The van der Waals surface area contributed by atoms with Crippen LogP contribution in [0.2, 0.25) is 0 Å². The maximum atomic E-state index is 13.5. The van der Waals surface area contributed by atoms with Crippen LogP contribution < -0.4 is 17.0 Å². The number of aromatic nitrogens is 8. The second-order valence-corrected chi connectivity index (χ2v) is 14.5. The van der Waals surface area contributed by atoms with E-state index in [1.165, 1.54) is 23.5 Å². The molecule has 44 heavy (non-hydrogen) atoms. The lowest BCUT2D eigenvalue weighted by Crippen LogP contribution is -2.35. The van der Waals surface area contributed by atoms with E-state index in [0.29, 0.717) is 11.2 Å². The monoisotopic (exact) mass is 692 g/mol. The second kappa shape index (κ2) is 12.3. The highest BCUT2D eigenvalue weighted by atomic mass is 32.7. The smallest absolute Gasteiger partial charge is 0.386 e. The first-order chi connectivity index (χ1) is 21.0. The summed E-state index contributed by atoms with van der Waals surface area (Å²) in [6.45, 7) is -5.38. The van der Waals surface area contributed by atoms with Gasteiger partial charge in [0.15, 0.2) is 28.9 Å². The van der Waals surface area contributed by atoms with Crippen molar-refractivity contribution in [2.45, 2.75) is 49.4 Å². The lowest BCUT2D eigenvalue weighted by atomic mass is 10.1. The highest BCUT2D eigenvalue weighted by molar-refractivity contribution is 8.44. The lowest BCUT2D eigenvalue weighted by Gasteiger charge is -2.26. The fourth-order valence-corrected chi connectivity index (χ4v) is 7.42. The number of rotatable bonds is 10. The number of nitrogens with zero attached hydrogens (tertiary/aromatic N) is 7. The van der Waals surface area contributed by atoms with Crippen molar-refractivity contribution < 1.29 is 42.4 Å². The summed E-state index contributed by atoms with van der Waals surface area (Å²) in [6, 6.07) is 0. The van der Waals surface area contributed by atoms with E-state index >= 15 is 0 Å². The van der Waals surface area contributed by atoms with Gasteiger partial charge in [0.05, 0.1) is 32.0 Å². The number of ether oxygens (including phenoxy) is 2. The summed E-state index contributed by atoms with van der Waals surface area (Å²) in [5.74, 6) is -0.0419. The number of imidazole rings is 2. The molecule has 0 aliphatic carbocycles. The third-order valence-electron chi connectivity index (χ3n) is 7.00. The Hall–Kier alpha value is -2.62. The van der Waals surface area contributed by atoms with Gasteiger partial charge in [0.25, 0.3) is 5.56 Å². The molecular weight excluding hydrogens is 666 g/mol. The van der Waals surface area contributed by atoms with Gasteiger partial charge in [-0.2, -0.15) is 4.98 Å². The zero-order valence-electron chi connectivity index (χ0n) is 22.2.